The van der Waals surface area contributed by atoms with Crippen LogP contribution in [0.4, 0.5) is 0 Å². The maximum Gasteiger partial charge on any atom is 0.217 e. The highest BCUT2D eigenvalue weighted by Gasteiger charge is 2.42. The molecule has 1 aliphatic rings. The molecule has 0 heterocycles. The van der Waals surface area contributed by atoms with Gasteiger partial charge in [-0.25, -0.2) is 8.42 Å². The van der Waals surface area contributed by atoms with Gasteiger partial charge < -0.3 is 5.11 Å². The fourth-order valence-electron chi connectivity index (χ4n) is 2.11. The minimum absolute atomic E-state index is 0.0742. The van der Waals surface area contributed by atoms with Crippen LogP contribution in [-0.2, 0) is 10.0 Å². The Morgan fingerprint density at radius 1 is 1.17 bits per heavy atom. The first kappa shape index (κ1) is 15.9. The second kappa shape index (κ2) is 6.35. The molecule has 18 heavy (non-hydrogen) atoms. The normalized spacial score (nSPS) is 18.9. The first-order valence-electron chi connectivity index (χ1n) is 6.93. The number of aliphatic hydroxyl groups excluding tert-OH is 1. The molecule has 0 spiro atoms. The average Bonchev–Trinajstić information content (AvgIpc) is 3.06. The van der Waals surface area contributed by atoms with Crippen molar-refractivity contribution in [1.82, 2.24) is 4.31 Å². The largest absolute Gasteiger partial charge is 0.395 e. The highest BCUT2D eigenvalue weighted by molar-refractivity contribution is 7.89. The monoisotopic (exact) mass is 277 g/mol. The zero-order valence-electron chi connectivity index (χ0n) is 12.0. The smallest absolute Gasteiger partial charge is 0.217 e. The van der Waals surface area contributed by atoms with Crippen molar-refractivity contribution >= 4 is 10.0 Å². The van der Waals surface area contributed by atoms with Crippen LogP contribution in [0, 0.1) is 5.92 Å². The van der Waals surface area contributed by atoms with E-state index < -0.39 is 15.3 Å². The van der Waals surface area contributed by atoms with Crippen molar-refractivity contribution < 1.29 is 13.5 Å². The number of aliphatic hydroxyl groups is 1. The van der Waals surface area contributed by atoms with E-state index in [0.29, 0.717) is 5.92 Å². The van der Waals surface area contributed by atoms with Crippen LogP contribution in [-0.4, -0.2) is 41.8 Å². The van der Waals surface area contributed by atoms with Crippen molar-refractivity contribution in [2.75, 3.05) is 6.61 Å². The van der Waals surface area contributed by atoms with Crippen molar-refractivity contribution in [2.24, 2.45) is 5.92 Å². The number of sulfonamides is 1. The second-order valence-corrected chi connectivity index (χ2v) is 8.36. The minimum atomic E-state index is -3.26. The van der Waals surface area contributed by atoms with Gasteiger partial charge in [-0.2, -0.15) is 4.31 Å². The van der Waals surface area contributed by atoms with Crippen LogP contribution in [0.1, 0.15) is 53.4 Å². The van der Waals surface area contributed by atoms with Gasteiger partial charge in [0.1, 0.15) is 0 Å². The van der Waals surface area contributed by atoms with E-state index >= 15 is 0 Å². The Morgan fingerprint density at radius 3 is 2.06 bits per heavy atom. The van der Waals surface area contributed by atoms with Crippen LogP contribution < -0.4 is 0 Å². The fraction of sp³-hybridized carbons (Fsp3) is 1.00. The van der Waals surface area contributed by atoms with Gasteiger partial charge in [-0.05, 0) is 45.4 Å². The molecule has 4 nitrogen and oxygen atoms in total. The summed E-state index contributed by atoms with van der Waals surface area (Å²) in [5, 5.41) is 9.11. The standard InChI is InChI=1S/C13H27NO3S/c1-10(2)5-6-13(9-15)14(12-7-8-12)18(16,17)11(3)4/h10-13,15H,5-9H2,1-4H3/t13-/m1/s1. The van der Waals surface area contributed by atoms with Crippen molar-refractivity contribution in [3.8, 4) is 0 Å². The van der Waals surface area contributed by atoms with Crippen LogP contribution in [0.3, 0.4) is 0 Å². The van der Waals surface area contributed by atoms with Crippen molar-refractivity contribution in [3.05, 3.63) is 0 Å². The van der Waals surface area contributed by atoms with Gasteiger partial charge >= 0.3 is 0 Å². The van der Waals surface area contributed by atoms with Crippen LogP contribution in [0.25, 0.3) is 0 Å². The molecule has 1 fully saturated rings. The average molecular weight is 277 g/mol. The van der Waals surface area contributed by atoms with Gasteiger partial charge in [-0.15, -0.1) is 0 Å². The third-order valence-electron chi connectivity index (χ3n) is 3.44. The first-order chi connectivity index (χ1) is 8.30. The highest BCUT2D eigenvalue weighted by atomic mass is 32.2. The van der Waals surface area contributed by atoms with Crippen molar-refractivity contribution in [1.29, 1.82) is 0 Å². The number of rotatable bonds is 8. The van der Waals surface area contributed by atoms with Crippen LogP contribution in [0.15, 0.2) is 0 Å². The van der Waals surface area contributed by atoms with Crippen molar-refractivity contribution in [2.45, 2.75) is 70.7 Å². The summed E-state index contributed by atoms with van der Waals surface area (Å²) in [5.74, 6) is 0.529. The Hall–Kier alpha value is -0.130. The number of hydrogen-bond acceptors (Lipinski definition) is 3. The predicted octanol–water partition coefficient (Wildman–Crippen LogP) is 1.99. The summed E-state index contributed by atoms with van der Waals surface area (Å²) >= 11 is 0. The SMILES string of the molecule is CC(C)CC[C@H](CO)N(C1CC1)S(=O)(=O)C(C)C. The lowest BCUT2D eigenvalue weighted by Crippen LogP contribution is -2.47. The van der Waals surface area contributed by atoms with E-state index in [0.717, 1.165) is 25.7 Å². The Kier molecular flexibility index (Phi) is 5.62. The van der Waals surface area contributed by atoms with Crippen molar-refractivity contribution in [3.63, 3.8) is 0 Å². The second-order valence-electron chi connectivity index (χ2n) is 5.96. The topological polar surface area (TPSA) is 57.6 Å². The van der Waals surface area contributed by atoms with Crippen LogP contribution in [0.5, 0.6) is 0 Å². The molecule has 0 amide bonds. The van der Waals surface area contributed by atoms with Gasteiger partial charge in [-0.3, -0.25) is 0 Å². The van der Waals surface area contributed by atoms with E-state index in [1.54, 1.807) is 18.2 Å². The minimum Gasteiger partial charge on any atom is -0.395 e. The summed E-state index contributed by atoms with van der Waals surface area (Å²) in [6, 6.07) is -0.117. The maximum atomic E-state index is 12.4. The molecule has 5 heteroatoms. The van der Waals surface area contributed by atoms with Crippen LogP contribution >= 0.6 is 0 Å². The molecule has 1 rings (SSSR count). The lowest BCUT2D eigenvalue weighted by atomic mass is 10.0. The Balaban J connectivity index is 2.82. The lowest BCUT2D eigenvalue weighted by Gasteiger charge is -2.31. The summed E-state index contributed by atoms with van der Waals surface area (Å²) < 4.78 is 26.3. The van der Waals surface area contributed by atoms with Crippen LogP contribution in [0.2, 0.25) is 0 Å². The van der Waals surface area contributed by atoms with E-state index in [4.69, 9.17) is 0 Å². The highest BCUT2D eigenvalue weighted by Crippen LogP contribution is 2.34. The molecule has 0 aromatic carbocycles. The predicted molar refractivity (Wildman–Crippen MR) is 73.9 cm³/mol. The zero-order valence-corrected chi connectivity index (χ0v) is 12.8. The van der Waals surface area contributed by atoms with E-state index in [-0.39, 0.29) is 18.7 Å². The maximum absolute atomic E-state index is 12.4. The van der Waals surface area contributed by atoms with Gasteiger partial charge in [0.05, 0.1) is 11.9 Å². The summed E-state index contributed by atoms with van der Waals surface area (Å²) in [6.07, 6.45) is 3.56. The van der Waals surface area contributed by atoms with Gasteiger partial charge in [-0.1, -0.05) is 13.8 Å². The van der Waals surface area contributed by atoms with E-state index in [1.807, 2.05) is 0 Å². The molecule has 0 saturated heterocycles. The molecule has 0 radical (unpaired) electrons. The molecule has 1 atom stereocenters. The molecular weight excluding hydrogens is 250 g/mol. The van der Waals surface area contributed by atoms with Gasteiger partial charge in [0, 0.05) is 12.1 Å². The lowest BCUT2D eigenvalue weighted by molar-refractivity contribution is 0.168. The quantitative estimate of drug-likeness (QED) is 0.738. The molecule has 0 aromatic heterocycles. The Bertz CT molecular complexity index is 347. The van der Waals surface area contributed by atoms with E-state index in [9.17, 15) is 13.5 Å². The zero-order chi connectivity index (χ0) is 13.9. The summed E-state index contributed by atoms with van der Waals surface area (Å²) in [7, 11) is -3.26. The molecule has 108 valence electrons. The van der Waals surface area contributed by atoms with Gasteiger partial charge in [0.25, 0.3) is 0 Å². The molecule has 0 aliphatic heterocycles. The number of hydrogen-bond donors (Lipinski definition) is 1. The molecule has 0 aromatic rings. The molecule has 1 N–H and O–H groups in total. The summed E-state index contributed by atoms with van der Waals surface area (Å²) in [5.41, 5.74) is 0. The molecule has 0 unspecified atom stereocenters. The summed E-state index contributed by atoms with van der Waals surface area (Å²) in [4.78, 5) is 0. The molecule has 0 bridgehead atoms. The van der Waals surface area contributed by atoms with E-state index in [1.165, 1.54) is 0 Å². The molecule has 1 saturated carbocycles. The van der Waals surface area contributed by atoms with Gasteiger partial charge in [0.2, 0.25) is 10.0 Å². The van der Waals surface area contributed by atoms with E-state index in [2.05, 4.69) is 13.8 Å². The molecule has 1 aliphatic carbocycles. The third kappa shape index (κ3) is 3.93. The first-order valence-corrected chi connectivity index (χ1v) is 8.44. The molecular formula is C13H27NO3S. The number of nitrogens with zero attached hydrogens (tertiary/aromatic N) is 1. The summed E-state index contributed by atoms with van der Waals surface area (Å²) in [6.45, 7) is 7.58. The fourth-order valence-corrected chi connectivity index (χ4v) is 3.81. The third-order valence-corrected chi connectivity index (χ3v) is 5.82. The Labute approximate surface area is 111 Å². The van der Waals surface area contributed by atoms with Gasteiger partial charge in [0.15, 0.2) is 0 Å². The Morgan fingerprint density at radius 2 is 1.72 bits per heavy atom.